The third-order valence-corrected chi connectivity index (χ3v) is 2.61. The predicted octanol–water partition coefficient (Wildman–Crippen LogP) is 3.11. The number of halogens is 1. The second kappa shape index (κ2) is 5.06. The lowest BCUT2D eigenvalue weighted by molar-refractivity contribution is 0.0690. The smallest absolute Gasteiger partial charge is 0.354 e. The van der Waals surface area contributed by atoms with E-state index in [2.05, 4.69) is 4.98 Å². The van der Waals surface area contributed by atoms with Gasteiger partial charge in [0.25, 0.3) is 0 Å². The van der Waals surface area contributed by atoms with Gasteiger partial charge in [0.05, 0.1) is 12.8 Å². The minimum Gasteiger partial charge on any atom is -0.497 e. The van der Waals surface area contributed by atoms with Gasteiger partial charge in [-0.1, -0.05) is 11.6 Å². The van der Waals surface area contributed by atoms with Crippen molar-refractivity contribution in [1.82, 2.24) is 4.98 Å². The number of nitrogens with zero attached hydrogens (tertiary/aromatic N) is 1. The summed E-state index contributed by atoms with van der Waals surface area (Å²) >= 11 is 5.87. The lowest BCUT2D eigenvalue weighted by Gasteiger charge is -2.05. The monoisotopic (exact) mass is 263 g/mol. The van der Waals surface area contributed by atoms with Gasteiger partial charge in [0.15, 0.2) is 0 Å². The van der Waals surface area contributed by atoms with E-state index < -0.39 is 5.97 Å². The number of hydrogen-bond acceptors (Lipinski definition) is 3. The maximum Gasteiger partial charge on any atom is 0.354 e. The van der Waals surface area contributed by atoms with E-state index in [0.717, 1.165) is 11.3 Å². The number of carboxylic acids is 1. The van der Waals surface area contributed by atoms with E-state index in [-0.39, 0.29) is 5.69 Å². The Morgan fingerprint density at radius 3 is 2.50 bits per heavy atom. The molecular weight excluding hydrogens is 254 g/mol. The molecule has 0 bridgehead atoms. The van der Waals surface area contributed by atoms with Gasteiger partial charge in [0.1, 0.15) is 11.4 Å². The Morgan fingerprint density at radius 2 is 1.94 bits per heavy atom. The van der Waals surface area contributed by atoms with Gasteiger partial charge in [-0.25, -0.2) is 9.78 Å². The number of pyridine rings is 1. The largest absolute Gasteiger partial charge is 0.497 e. The molecule has 18 heavy (non-hydrogen) atoms. The molecule has 1 aromatic carbocycles. The lowest BCUT2D eigenvalue weighted by Crippen LogP contribution is -2.01. The molecule has 4 nitrogen and oxygen atoms in total. The van der Waals surface area contributed by atoms with Crippen LogP contribution in [0.25, 0.3) is 11.3 Å². The molecule has 2 aromatic rings. The molecule has 0 unspecified atom stereocenters. The van der Waals surface area contributed by atoms with Crippen LogP contribution in [0.15, 0.2) is 36.4 Å². The summed E-state index contributed by atoms with van der Waals surface area (Å²) in [5.41, 5.74) is 1.22. The molecule has 0 amide bonds. The highest BCUT2D eigenvalue weighted by molar-refractivity contribution is 6.31. The highest BCUT2D eigenvalue weighted by atomic mass is 35.5. The van der Waals surface area contributed by atoms with Crippen LogP contribution in [0.3, 0.4) is 0 Å². The standard InChI is InChI=1S/C13H10ClNO3/c1-18-10-4-2-8(3-5-10)11-6-9(14)7-12(15-11)13(16)17/h2-7H,1H3,(H,16,17). The van der Waals surface area contributed by atoms with Crippen molar-refractivity contribution in [3.8, 4) is 17.0 Å². The zero-order chi connectivity index (χ0) is 13.1. The molecule has 0 saturated heterocycles. The number of methoxy groups -OCH3 is 1. The summed E-state index contributed by atoms with van der Waals surface area (Å²) < 4.78 is 5.05. The highest BCUT2D eigenvalue weighted by Crippen LogP contribution is 2.24. The zero-order valence-corrected chi connectivity index (χ0v) is 10.3. The summed E-state index contributed by atoms with van der Waals surface area (Å²) in [5, 5.41) is 9.26. The zero-order valence-electron chi connectivity index (χ0n) is 9.55. The van der Waals surface area contributed by atoms with Crippen LogP contribution in [0.4, 0.5) is 0 Å². The molecule has 0 fully saturated rings. The number of carboxylic acid groups (broad SMARTS) is 1. The first-order valence-corrected chi connectivity index (χ1v) is 5.53. The van der Waals surface area contributed by atoms with Gasteiger partial charge in [0.2, 0.25) is 0 Å². The molecule has 0 aliphatic heterocycles. The van der Waals surface area contributed by atoms with Crippen molar-refractivity contribution < 1.29 is 14.6 Å². The number of rotatable bonds is 3. The van der Waals surface area contributed by atoms with Gasteiger partial charge >= 0.3 is 5.97 Å². The molecule has 0 aliphatic rings. The summed E-state index contributed by atoms with van der Waals surface area (Å²) in [5.74, 6) is -0.383. The quantitative estimate of drug-likeness (QED) is 0.924. The molecule has 0 aliphatic carbocycles. The second-order valence-electron chi connectivity index (χ2n) is 3.59. The molecular formula is C13H10ClNO3. The van der Waals surface area contributed by atoms with Crippen molar-refractivity contribution >= 4 is 17.6 Å². The van der Waals surface area contributed by atoms with Gasteiger partial charge < -0.3 is 9.84 Å². The lowest BCUT2D eigenvalue weighted by atomic mass is 10.1. The van der Waals surface area contributed by atoms with Crippen LogP contribution in [0.1, 0.15) is 10.5 Å². The Morgan fingerprint density at radius 1 is 1.28 bits per heavy atom. The molecule has 1 N–H and O–H groups in total. The van der Waals surface area contributed by atoms with Crippen LogP contribution in [0, 0.1) is 0 Å². The van der Waals surface area contributed by atoms with Gasteiger partial charge in [-0.05, 0) is 36.4 Å². The van der Waals surface area contributed by atoms with Crippen LogP contribution >= 0.6 is 11.6 Å². The third-order valence-electron chi connectivity index (χ3n) is 2.40. The first kappa shape index (κ1) is 12.4. The summed E-state index contributed by atoms with van der Waals surface area (Å²) in [6.07, 6.45) is 0. The van der Waals surface area contributed by atoms with Crippen LogP contribution in [-0.4, -0.2) is 23.2 Å². The normalized spacial score (nSPS) is 10.1. The predicted molar refractivity (Wildman–Crippen MR) is 68.2 cm³/mol. The second-order valence-corrected chi connectivity index (χ2v) is 4.03. The fourth-order valence-electron chi connectivity index (χ4n) is 1.52. The van der Waals surface area contributed by atoms with Crippen molar-refractivity contribution in [2.75, 3.05) is 7.11 Å². The Kier molecular flexibility index (Phi) is 3.48. The first-order valence-electron chi connectivity index (χ1n) is 5.15. The third kappa shape index (κ3) is 2.60. The number of benzene rings is 1. The Hall–Kier alpha value is -2.07. The van der Waals surface area contributed by atoms with Crippen molar-refractivity contribution in [2.24, 2.45) is 0 Å². The highest BCUT2D eigenvalue weighted by Gasteiger charge is 2.09. The van der Waals surface area contributed by atoms with E-state index in [1.165, 1.54) is 6.07 Å². The molecule has 1 heterocycles. The maximum atomic E-state index is 10.9. The molecule has 1 aromatic heterocycles. The molecule has 0 saturated carbocycles. The van der Waals surface area contributed by atoms with Crippen molar-refractivity contribution in [3.63, 3.8) is 0 Å². The fourth-order valence-corrected chi connectivity index (χ4v) is 1.72. The van der Waals surface area contributed by atoms with Gasteiger partial charge in [0, 0.05) is 10.6 Å². The molecule has 5 heteroatoms. The Balaban J connectivity index is 2.46. The van der Waals surface area contributed by atoms with Crippen LogP contribution in [-0.2, 0) is 0 Å². The number of carbonyl (C=O) groups is 1. The minimum absolute atomic E-state index is 0.0756. The molecule has 2 rings (SSSR count). The summed E-state index contributed by atoms with van der Waals surface area (Å²) in [4.78, 5) is 14.9. The molecule has 0 radical (unpaired) electrons. The van der Waals surface area contributed by atoms with Crippen molar-refractivity contribution in [1.29, 1.82) is 0 Å². The minimum atomic E-state index is -1.10. The van der Waals surface area contributed by atoms with Crippen molar-refractivity contribution in [3.05, 3.63) is 47.1 Å². The topological polar surface area (TPSA) is 59.4 Å². The average Bonchev–Trinajstić information content (AvgIpc) is 2.38. The van der Waals surface area contributed by atoms with Gasteiger partial charge in [-0.15, -0.1) is 0 Å². The van der Waals surface area contributed by atoms with E-state index >= 15 is 0 Å². The summed E-state index contributed by atoms with van der Waals surface area (Å²) in [7, 11) is 1.58. The summed E-state index contributed by atoms with van der Waals surface area (Å²) in [6.45, 7) is 0. The molecule has 92 valence electrons. The number of ether oxygens (including phenoxy) is 1. The maximum absolute atomic E-state index is 10.9. The van der Waals surface area contributed by atoms with E-state index in [4.69, 9.17) is 21.4 Å². The van der Waals surface area contributed by atoms with E-state index in [0.29, 0.717) is 10.7 Å². The van der Waals surface area contributed by atoms with E-state index in [1.807, 2.05) is 0 Å². The van der Waals surface area contributed by atoms with Crippen LogP contribution < -0.4 is 4.74 Å². The number of aromatic carboxylic acids is 1. The number of aromatic nitrogens is 1. The SMILES string of the molecule is COc1ccc(-c2cc(Cl)cc(C(=O)O)n2)cc1. The number of hydrogen-bond donors (Lipinski definition) is 1. The Labute approximate surface area is 109 Å². The van der Waals surface area contributed by atoms with Crippen molar-refractivity contribution in [2.45, 2.75) is 0 Å². The van der Waals surface area contributed by atoms with E-state index in [9.17, 15) is 4.79 Å². The average molecular weight is 264 g/mol. The summed E-state index contributed by atoms with van der Waals surface area (Å²) in [6, 6.07) is 10.1. The Bertz CT molecular complexity index is 581. The molecule has 0 atom stereocenters. The van der Waals surface area contributed by atoms with Crippen LogP contribution in [0.2, 0.25) is 5.02 Å². The van der Waals surface area contributed by atoms with E-state index in [1.54, 1.807) is 37.4 Å². The van der Waals surface area contributed by atoms with Gasteiger partial charge in [-0.3, -0.25) is 0 Å². The fraction of sp³-hybridized carbons (Fsp3) is 0.0769. The molecule has 0 spiro atoms. The first-order chi connectivity index (χ1) is 8.60. The van der Waals surface area contributed by atoms with Gasteiger partial charge in [-0.2, -0.15) is 0 Å². The van der Waals surface area contributed by atoms with Crippen LogP contribution in [0.5, 0.6) is 5.75 Å².